The van der Waals surface area contributed by atoms with Crippen molar-refractivity contribution >= 4 is 17.3 Å². The Morgan fingerprint density at radius 3 is 2.82 bits per heavy atom. The van der Waals surface area contributed by atoms with Crippen molar-refractivity contribution in [1.29, 1.82) is 0 Å². The van der Waals surface area contributed by atoms with Gasteiger partial charge < -0.3 is 15.4 Å². The Hall–Kier alpha value is -2.08. The van der Waals surface area contributed by atoms with E-state index < -0.39 is 0 Å². The van der Waals surface area contributed by atoms with E-state index in [1.54, 1.807) is 18.4 Å². The third kappa shape index (κ3) is 4.46. The number of aryl methyl sites for hydroxylation is 1. The number of rotatable bonds is 6. The van der Waals surface area contributed by atoms with Gasteiger partial charge in [-0.3, -0.25) is 0 Å². The minimum atomic E-state index is 0.570. The van der Waals surface area contributed by atoms with Gasteiger partial charge in [-0.25, -0.2) is 9.98 Å². The van der Waals surface area contributed by atoms with Crippen LogP contribution in [0.4, 0.5) is 0 Å². The van der Waals surface area contributed by atoms with E-state index in [2.05, 4.69) is 27.5 Å². The second kappa shape index (κ2) is 8.38. The first-order chi connectivity index (χ1) is 10.7. The normalized spacial score (nSPS) is 11.3. The molecule has 0 aliphatic rings. The van der Waals surface area contributed by atoms with Gasteiger partial charge >= 0.3 is 0 Å². The number of benzene rings is 1. The van der Waals surface area contributed by atoms with Gasteiger partial charge in [0.2, 0.25) is 0 Å². The van der Waals surface area contributed by atoms with Gasteiger partial charge in [0.25, 0.3) is 0 Å². The van der Waals surface area contributed by atoms with E-state index in [-0.39, 0.29) is 0 Å². The third-order valence-corrected chi connectivity index (χ3v) is 4.14. The molecular formula is C16H22N4OS. The Bertz CT molecular complexity index is 624. The van der Waals surface area contributed by atoms with Gasteiger partial charge in [-0.15, -0.1) is 11.3 Å². The maximum absolute atomic E-state index is 5.36. The summed E-state index contributed by atoms with van der Waals surface area (Å²) in [6.45, 7) is 6.19. The molecular weight excluding hydrogens is 296 g/mol. The molecule has 6 heteroatoms. The van der Waals surface area contributed by atoms with Crippen LogP contribution in [0.1, 0.15) is 23.1 Å². The molecule has 0 aliphatic heterocycles. The quantitative estimate of drug-likeness (QED) is 0.635. The first-order valence-corrected chi connectivity index (χ1v) is 8.15. The smallest absolute Gasteiger partial charge is 0.191 e. The zero-order valence-corrected chi connectivity index (χ0v) is 14.0. The van der Waals surface area contributed by atoms with E-state index in [9.17, 15) is 0 Å². The molecule has 2 N–H and O–H groups in total. The van der Waals surface area contributed by atoms with Gasteiger partial charge in [-0.05, 0) is 19.9 Å². The van der Waals surface area contributed by atoms with Crippen LogP contribution in [-0.4, -0.2) is 24.6 Å². The second-order valence-corrected chi connectivity index (χ2v) is 5.66. The van der Waals surface area contributed by atoms with Gasteiger partial charge in [0.05, 0.1) is 31.4 Å². The van der Waals surface area contributed by atoms with Crippen molar-refractivity contribution in [2.75, 3.05) is 13.7 Å². The molecule has 118 valence electrons. The molecule has 0 atom stereocenters. The lowest BCUT2D eigenvalue weighted by molar-refractivity contribution is 0.410. The minimum Gasteiger partial charge on any atom is -0.496 e. The number of thiazole rings is 1. The number of hydrogen-bond donors (Lipinski definition) is 2. The van der Waals surface area contributed by atoms with Gasteiger partial charge in [0.15, 0.2) is 5.96 Å². The Balaban J connectivity index is 2.02. The third-order valence-electron chi connectivity index (χ3n) is 3.21. The van der Waals surface area contributed by atoms with Crippen LogP contribution in [0.3, 0.4) is 0 Å². The van der Waals surface area contributed by atoms with Gasteiger partial charge in [-0.1, -0.05) is 18.2 Å². The highest BCUT2D eigenvalue weighted by atomic mass is 32.1. The standard InChI is InChI=1S/C16H22N4OS/c1-4-17-16(19-10-15-12(2)20-11-22-15)18-9-13-7-5-6-8-14(13)21-3/h5-8,11H,4,9-10H2,1-3H3,(H2,17,18,19). The van der Waals surface area contributed by atoms with Crippen molar-refractivity contribution in [2.24, 2.45) is 4.99 Å². The molecule has 0 spiro atoms. The molecule has 0 saturated carbocycles. The molecule has 2 aromatic rings. The number of aliphatic imine (C=N–C) groups is 1. The predicted octanol–water partition coefficient (Wildman–Crippen LogP) is 2.72. The van der Waals surface area contributed by atoms with E-state index >= 15 is 0 Å². The van der Waals surface area contributed by atoms with Crippen LogP contribution in [-0.2, 0) is 13.1 Å². The van der Waals surface area contributed by atoms with Crippen molar-refractivity contribution in [2.45, 2.75) is 26.9 Å². The van der Waals surface area contributed by atoms with Crippen LogP contribution in [0.2, 0.25) is 0 Å². The maximum atomic E-state index is 5.36. The molecule has 1 heterocycles. The van der Waals surface area contributed by atoms with Crippen LogP contribution in [0.15, 0.2) is 34.8 Å². The van der Waals surface area contributed by atoms with E-state index in [1.165, 1.54) is 4.88 Å². The van der Waals surface area contributed by atoms with Crippen molar-refractivity contribution in [3.05, 3.63) is 45.9 Å². The highest BCUT2D eigenvalue weighted by Crippen LogP contribution is 2.18. The minimum absolute atomic E-state index is 0.570. The summed E-state index contributed by atoms with van der Waals surface area (Å²) in [7, 11) is 1.68. The fraction of sp³-hybridized carbons (Fsp3) is 0.375. The number of nitrogens with one attached hydrogen (secondary N) is 2. The molecule has 2 rings (SSSR count). The molecule has 0 saturated heterocycles. The molecule has 0 radical (unpaired) electrons. The zero-order valence-electron chi connectivity index (χ0n) is 13.2. The Morgan fingerprint density at radius 1 is 1.32 bits per heavy atom. The summed E-state index contributed by atoms with van der Waals surface area (Å²) in [6.07, 6.45) is 0. The molecule has 1 aromatic heterocycles. The predicted molar refractivity (Wildman–Crippen MR) is 91.5 cm³/mol. The summed E-state index contributed by atoms with van der Waals surface area (Å²) in [5.74, 6) is 1.65. The van der Waals surface area contributed by atoms with Crippen molar-refractivity contribution < 1.29 is 4.74 Å². The SMILES string of the molecule is CCNC(=NCc1ccccc1OC)NCc1scnc1C. The molecule has 1 aromatic carbocycles. The lowest BCUT2D eigenvalue weighted by Gasteiger charge is -2.11. The molecule has 0 amide bonds. The molecule has 22 heavy (non-hydrogen) atoms. The monoisotopic (exact) mass is 318 g/mol. The summed E-state index contributed by atoms with van der Waals surface area (Å²) in [6, 6.07) is 7.93. The number of para-hydroxylation sites is 1. The lowest BCUT2D eigenvalue weighted by atomic mass is 10.2. The molecule has 5 nitrogen and oxygen atoms in total. The van der Waals surface area contributed by atoms with Crippen molar-refractivity contribution in [3.63, 3.8) is 0 Å². The average Bonchev–Trinajstić information content (AvgIpc) is 2.95. The van der Waals surface area contributed by atoms with Gasteiger partial charge in [0, 0.05) is 17.0 Å². The Kier molecular flexibility index (Phi) is 6.21. The molecule has 0 fully saturated rings. The van der Waals surface area contributed by atoms with Crippen LogP contribution in [0, 0.1) is 6.92 Å². The molecule has 0 aliphatic carbocycles. The van der Waals surface area contributed by atoms with Gasteiger partial charge in [-0.2, -0.15) is 0 Å². The number of ether oxygens (including phenoxy) is 1. The average molecular weight is 318 g/mol. The zero-order chi connectivity index (χ0) is 15.8. The molecule has 0 unspecified atom stereocenters. The molecule has 0 bridgehead atoms. The van der Waals surface area contributed by atoms with E-state index in [0.29, 0.717) is 6.54 Å². The number of aromatic nitrogens is 1. The van der Waals surface area contributed by atoms with E-state index in [0.717, 1.165) is 36.1 Å². The highest BCUT2D eigenvalue weighted by Gasteiger charge is 2.04. The summed E-state index contributed by atoms with van der Waals surface area (Å²) in [5.41, 5.74) is 4.00. The summed E-state index contributed by atoms with van der Waals surface area (Å²) in [5, 5.41) is 6.59. The summed E-state index contributed by atoms with van der Waals surface area (Å²) < 4.78 is 5.36. The summed E-state index contributed by atoms with van der Waals surface area (Å²) in [4.78, 5) is 10.1. The van der Waals surface area contributed by atoms with Crippen LogP contribution >= 0.6 is 11.3 Å². The number of guanidine groups is 1. The maximum Gasteiger partial charge on any atom is 0.191 e. The largest absolute Gasteiger partial charge is 0.496 e. The Labute approximate surface area is 135 Å². The van der Waals surface area contributed by atoms with Gasteiger partial charge in [0.1, 0.15) is 5.75 Å². The fourth-order valence-electron chi connectivity index (χ4n) is 2.00. The van der Waals surface area contributed by atoms with Crippen LogP contribution in [0.5, 0.6) is 5.75 Å². The first-order valence-electron chi connectivity index (χ1n) is 7.27. The Morgan fingerprint density at radius 2 is 2.14 bits per heavy atom. The van der Waals surface area contributed by atoms with E-state index in [1.807, 2.05) is 36.7 Å². The van der Waals surface area contributed by atoms with Crippen LogP contribution < -0.4 is 15.4 Å². The number of methoxy groups -OCH3 is 1. The fourth-order valence-corrected chi connectivity index (χ4v) is 2.72. The topological polar surface area (TPSA) is 58.5 Å². The van der Waals surface area contributed by atoms with Crippen molar-refractivity contribution in [3.8, 4) is 5.75 Å². The van der Waals surface area contributed by atoms with Crippen molar-refractivity contribution in [1.82, 2.24) is 15.6 Å². The first kappa shape index (κ1) is 16.3. The lowest BCUT2D eigenvalue weighted by Crippen LogP contribution is -2.36. The van der Waals surface area contributed by atoms with Crippen LogP contribution in [0.25, 0.3) is 0 Å². The second-order valence-electron chi connectivity index (χ2n) is 4.72. The highest BCUT2D eigenvalue weighted by molar-refractivity contribution is 7.09. The van der Waals surface area contributed by atoms with E-state index in [4.69, 9.17) is 4.74 Å². The summed E-state index contributed by atoms with van der Waals surface area (Å²) >= 11 is 1.65. The number of hydrogen-bond acceptors (Lipinski definition) is 4. The number of nitrogens with zero attached hydrogens (tertiary/aromatic N) is 2.